The lowest BCUT2D eigenvalue weighted by atomic mass is 9.87. The normalized spacial score (nSPS) is 43.2. The van der Waals surface area contributed by atoms with Crippen molar-refractivity contribution in [2.75, 3.05) is 46.2 Å². The summed E-state index contributed by atoms with van der Waals surface area (Å²) in [6.45, 7) is -6.21. The molecule has 6 aliphatic rings. The highest BCUT2D eigenvalue weighted by Gasteiger charge is 2.61. The fourth-order valence-corrected chi connectivity index (χ4v) is 12.8. The molecule has 0 spiro atoms. The number of ether oxygens (including phenoxy) is 11. The fourth-order valence-electron chi connectivity index (χ4n) is 10.2. The van der Waals surface area contributed by atoms with E-state index in [0.29, 0.717) is 0 Å². The van der Waals surface area contributed by atoms with Crippen LogP contribution in [0.1, 0.15) is 13.8 Å². The van der Waals surface area contributed by atoms with Crippen LogP contribution in [0.25, 0.3) is 0 Å². The van der Waals surface area contributed by atoms with E-state index in [9.17, 15) is 141 Å². The number of aliphatic hydroxyl groups excluding tert-OH is 11. The molecule has 0 aromatic carbocycles. The summed E-state index contributed by atoms with van der Waals surface area (Å²) in [5.41, 5.74) is 0. The quantitative estimate of drug-likeness (QED) is 0.0268. The zero-order valence-corrected chi connectivity index (χ0v) is 49.8. The summed E-state index contributed by atoms with van der Waals surface area (Å²) in [6, 6.07) is 0. The Morgan fingerprint density at radius 3 is 1.19 bits per heavy atom. The van der Waals surface area contributed by atoms with Gasteiger partial charge in [0.15, 0.2) is 31.3 Å². The van der Waals surface area contributed by atoms with Crippen molar-refractivity contribution in [3.63, 3.8) is 0 Å². The predicted molar refractivity (Wildman–Crippen MR) is 264 cm³/mol. The van der Waals surface area contributed by atoms with Crippen LogP contribution in [0.15, 0.2) is 0 Å². The minimum Gasteiger partial charge on any atom is -0.394 e. The van der Waals surface area contributed by atoms with Crippen LogP contribution in [0.4, 0.5) is 0 Å². The first kappa shape index (κ1) is 77.3. The lowest BCUT2D eigenvalue weighted by molar-refractivity contribution is -0.415. The molecule has 6 fully saturated rings. The maximum absolute atomic E-state index is 12.1. The van der Waals surface area contributed by atoms with Crippen LogP contribution in [-0.2, 0) is 125 Å². The van der Waals surface area contributed by atoms with Crippen LogP contribution in [0.5, 0.6) is 0 Å². The number of rotatable bonds is 27. The first-order valence-corrected chi connectivity index (χ1v) is 32.6. The second-order valence-corrected chi connectivity index (χ2v) is 26.1. The van der Waals surface area contributed by atoms with E-state index in [-0.39, 0.29) is 0 Å². The van der Waals surface area contributed by atoms with Crippen molar-refractivity contribution in [3.05, 3.63) is 0 Å². The van der Waals surface area contributed by atoms with Crippen LogP contribution >= 0.6 is 0 Å². The van der Waals surface area contributed by atoms with Crippen molar-refractivity contribution >= 4 is 52.0 Å². The number of hydrogen-bond acceptors (Lipinski definition) is 41. The Hall–Kier alpha value is -1.69. The standard InChI is InChI=1S/C39H68O46S5/c1-10-12(5-73-37-39(53,54)31(85-90(67,68)69)19(42)11(2)76-37)30(84-89(64,65)66)38(51,52)36(75-10)74-7-14-20(43)15(3-40)78-33(21(14)44)70-6-13-17(77-32(50)24(47)27(13)81-86(55,56)57)8-71-35-26(49)29(83-88(61,62)63)23(46)18(80-35)9-72-34-25(48)28(82-87(58,59)60)22(45)16(4-41)79-34/h10-37,40-54H,3-9H2,1-2H3,(H,55,56,57)(H,58,59,60)(H,61,62,63)(H,64,65,66)(H,67,68,69)/t10?,11?,12-,13+,14-,15?,16?,17?,18?,19-,20-,21?,22+,23+,24?,25?,26?,27-,28-,29-,30+,31+,32?,33-,34-,35-,36-,37-/m1/s1. The van der Waals surface area contributed by atoms with Crippen molar-refractivity contribution < 1.29 is 214 Å². The number of hydrogen-bond donors (Lipinski definition) is 20. The van der Waals surface area contributed by atoms with Gasteiger partial charge in [-0.1, -0.05) is 0 Å². The van der Waals surface area contributed by atoms with Crippen LogP contribution in [-0.4, -0.2) is 353 Å². The van der Waals surface area contributed by atoms with E-state index in [2.05, 4.69) is 20.9 Å². The largest absolute Gasteiger partial charge is 0.397 e. The Labute approximate surface area is 507 Å². The molecule has 6 aliphatic heterocycles. The monoisotopic (exact) mass is 1430 g/mol. The highest BCUT2D eigenvalue weighted by Crippen LogP contribution is 2.40. The predicted octanol–water partition coefficient (Wildman–Crippen LogP) is -13.5. The van der Waals surface area contributed by atoms with Crippen LogP contribution < -0.4 is 0 Å². The molecule has 6 rings (SSSR count). The highest BCUT2D eigenvalue weighted by atomic mass is 32.3. The van der Waals surface area contributed by atoms with Gasteiger partial charge in [-0.25, -0.2) is 20.9 Å². The van der Waals surface area contributed by atoms with E-state index in [1.54, 1.807) is 0 Å². The molecule has 20 N–H and O–H groups in total. The lowest BCUT2D eigenvalue weighted by Crippen LogP contribution is -2.68. The van der Waals surface area contributed by atoms with Crippen LogP contribution in [0, 0.1) is 17.8 Å². The smallest absolute Gasteiger partial charge is 0.394 e. The second kappa shape index (κ2) is 30.0. The zero-order valence-electron chi connectivity index (χ0n) is 45.7. The van der Waals surface area contributed by atoms with Gasteiger partial charge in [-0.2, -0.15) is 42.1 Å². The van der Waals surface area contributed by atoms with Gasteiger partial charge in [0.05, 0.1) is 70.7 Å². The second-order valence-electron chi connectivity index (χ2n) is 20.9. The molecule has 28 atom stereocenters. The van der Waals surface area contributed by atoms with Gasteiger partial charge in [0.25, 0.3) is 0 Å². The minimum atomic E-state index is -5.75. The van der Waals surface area contributed by atoms with Gasteiger partial charge in [0.2, 0.25) is 24.2 Å². The lowest BCUT2D eigenvalue weighted by Gasteiger charge is -2.49. The minimum absolute atomic E-state index is 1.03. The van der Waals surface area contributed by atoms with Crippen molar-refractivity contribution in [2.24, 2.45) is 17.8 Å². The zero-order chi connectivity index (χ0) is 67.9. The third kappa shape index (κ3) is 19.3. The molecule has 46 nitrogen and oxygen atoms in total. The summed E-state index contributed by atoms with van der Waals surface area (Å²) < 4.78 is 247. The van der Waals surface area contributed by atoms with Gasteiger partial charge in [-0.3, -0.25) is 22.8 Å². The summed E-state index contributed by atoms with van der Waals surface area (Å²) in [5, 5.41) is 162. The average Bonchev–Trinajstić information content (AvgIpc) is 0.787. The maximum atomic E-state index is 12.1. The molecule has 0 aromatic rings. The van der Waals surface area contributed by atoms with E-state index < -0.39 is 281 Å². The first-order chi connectivity index (χ1) is 41.2. The topological polar surface area (TPSA) is 723 Å². The van der Waals surface area contributed by atoms with Gasteiger partial charge < -0.3 is 129 Å². The van der Waals surface area contributed by atoms with E-state index in [1.165, 1.54) is 0 Å². The molecule has 6 saturated heterocycles. The van der Waals surface area contributed by atoms with Gasteiger partial charge in [-0.15, -0.1) is 0 Å². The van der Waals surface area contributed by atoms with E-state index in [4.69, 9.17) is 52.1 Å². The summed E-state index contributed by atoms with van der Waals surface area (Å²) in [4.78, 5) is 0. The Morgan fingerprint density at radius 2 is 0.711 bits per heavy atom. The highest BCUT2D eigenvalue weighted by molar-refractivity contribution is 7.81. The molecular weight excluding hydrogens is 1360 g/mol. The molecule has 0 bridgehead atoms. The Balaban J connectivity index is 1.20. The van der Waals surface area contributed by atoms with Crippen LogP contribution in [0.2, 0.25) is 0 Å². The summed E-state index contributed by atoms with van der Waals surface area (Å²) in [6.07, 6.45) is -56.7. The van der Waals surface area contributed by atoms with Gasteiger partial charge in [0.1, 0.15) is 85.5 Å². The van der Waals surface area contributed by atoms with Crippen molar-refractivity contribution in [1.82, 2.24) is 0 Å². The maximum Gasteiger partial charge on any atom is 0.397 e. The van der Waals surface area contributed by atoms with Crippen molar-refractivity contribution in [2.45, 2.75) is 179 Å². The van der Waals surface area contributed by atoms with E-state index in [0.717, 1.165) is 13.8 Å². The van der Waals surface area contributed by atoms with Crippen molar-refractivity contribution in [3.8, 4) is 0 Å². The Bertz CT molecular complexity index is 2920. The molecule has 0 aromatic heterocycles. The Morgan fingerprint density at radius 1 is 0.344 bits per heavy atom. The molecule has 6 heterocycles. The molecular formula is C39H68O46S5. The molecule has 90 heavy (non-hydrogen) atoms. The first-order valence-electron chi connectivity index (χ1n) is 25.7. The average molecular weight is 1430 g/mol. The molecule has 0 saturated carbocycles. The summed E-state index contributed by atoms with van der Waals surface area (Å²) in [7, 11) is -28.1. The van der Waals surface area contributed by atoms with Gasteiger partial charge >= 0.3 is 52.0 Å². The van der Waals surface area contributed by atoms with E-state index >= 15 is 0 Å². The molecule has 11 unspecified atom stereocenters. The van der Waals surface area contributed by atoms with Crippen LogP contribution in [0.3, 0.4) is 0 Å². The molecule has 51 heteroatoms. The third-order valence-corrected chi connectivity index (χ3v) is 17.0. The molecule has 530 valence electrons. The van der Waals surface area contributed by atoms with E-state index in [1.807, 2.05) is 0 Å². The van der Waals surface area contributed by atoms with Gasteiger partial charge in [-0.05, 0) is 13.8 Å². The van der Waals surface area contributed by atoms with Gasteiger partial charge in [0, 0.05) is 17.8 Å². The molecule has 0 aliphatic carbocycles. The van der Waals surface area contributed by atoms with Crippen molar-refractivity contribution in [1.29, 1.82) is 0 Å². The molecule has 0 radical (unpaired) electrons. The molecule has 0 amide bonds. The Kier molecular flexibility index (Phi) is 25.7. The number of aliphatic hydroxyl groups is 15. The fraction of sp³-hybridized carbons (Fsp3) is 1.00. The summed E-state index contributed by atoms with van der Waals surface area (Å²) >= 11 is 0. The SMILES string of the molecule is CC1O[C@@H](OC[C@@H]2C(C)O[C@@H](OC[C@H]3C(O)[C@H](OC[C@H]4C(CO[C@@H]5OC(CO[C@@H]6OC(CO)[C@H](O)[C@@H](OS(=O)(=O)O)C6O)[C@H](O)[C@@H](OS(=O)(=O)O)C5O)OC(O)C(O)[C@@H]4OS(=O)(=O)O)OC(CO)[C@@H]3O)C(O)(O)[C@H]2OS(=O)(=O)O)C(O)(O)[C@@H](OS(=O)(=O)O)[C@@H]1O. The third-order valence-electron chi connectivity index (χ3n) is 14.7. The summed E-state index contributed by atoms with van der Waals surface area (Å²) in [5.74, 6) is -13.3.